The minimum atomic E-state index is -4.11. The number of ether oxygens (including phenoxy) is 2. The van der Waals surface area contributed by atoms with Crippen LogP contribution in [0.4, 0.5) is 8.78 Å². The maximum Gasteiger partial charge on any atom is 0.269 e. The molecule has 4 aromatic rings. The molecule has 0 N–H and O–H groups in total. The lowest BCUT2D eigenvalue weighted by atomic mass is 10.0. The fourth-order valence-electron chi connectivity index (χ4n) is 4.53. The van der Waals surface area contributed by atoms with E-state index < -0.39 is 38.7 Å². The number of imidazole rings is 1. The third kappa shape index (κ3) is 4.59. The average Bonchev–Trinajstić information content (AvgIpc) is 3.23. The first-order valence-electron chi connectivity index (χ1n) is 11.9. The lowest BCUT2D eigenvalue weighted by Gasteiger charge is -2.27. The predicted molar refractivity (Wildman–Crippen MR) is 141 cm³/mol. The molecule has 3 aromatic carbocycles. The summed E-state index contributed by atoms with van der Waals surface area (Å²) in [5.41, 5.74) is 1.21. The molecule has 1 aromatic heterocycles. The minimum Gasteiger partial charge on any atom is -0.493 e. The van der Waals surface area contributed by atoms with Crippen molar-refractivity contribution in [2.24, 2.45) is 0 Å². The number of halogens is 3. The molecule has 12 heteroatoms. The maximum absolute atomic E-state index is 15.1. The molecule has 1 atom stereocenters. The summed E-state index contributed by atoms with van der Waals surface area (Å²) < 4.78 is 69.2. The fourth-order valence-corrected chi connectivity index (χ4v) is 6.16. The molecule has 0 spiro atoms. The molecule has 1 amide bonds. The van der Waals surface area contributed by atoms with E-state index in [0.29, 0.717) is 0 Å². The van der Waals surface area contributed by atoms with Crippen LogP contribution >= 0.6 is 11.6 Å². The van der Waals surface area contributed by atoms with Crippen LogP contribution in [-0.2, 0) is 10.0 Å². The van der Waals surface area contributed by atoms with Crippen LogP contribution in [0.25, 0.3) is 11.0 Å². The molecular formula is C27H24ClF2N3O5S. The first-order chi connectivity index (χ1) is 18.4. The summed E-state index contributed by atoms with van der Waals surface area (Å²) >= 11 is 5.83. The zero-order chi connectivity index (χ0) is 28.2. The Labute approximate surface area is 228 Å². The quantitative estimate of drug-likeness (QED) is 0.295. The molecule has 0 saturated carbocycles. The van der Waals surface area contributed by atoms with Gasteiger partial charge in [0.25, 0.3) is 15.9 Å². The van der Waals surface area contributed by atoms with Crippen LogP contribution in [0.5, 0.6) is 11.5 Å². The third-order valence-corrected chi connectivity index (χ3v) is 8.60. The Hall–Kier alpha value is -3.70. The number of fused-ring (bicyclic) bond motifs is 2. The van der Waals surface area contributed by atoms with Crippen molar-refractivity contribution in [3.63, 3.8) is 0 Å². The number of carbonyl (C=O) groups excluding carboxylic acids is 1. The van der Waals surface area contributed by atoms with Gasteiger partial charge in [-0.1, -0.05) is 29.3 Å². The van der Waals surface area contributed by atoms with E-state index in [0.717, 1.165) is 15.6 Å². The zero-order valence-electron chi connectivity index (χ0n) is 21.5. The van der Waals surface area contributed by atoms with Crippen LogP contribution in [0.15, 0.2) is 47.4 Å². The summed E-state index contributed by atoms with van der Waals surface area (Å²) in [6.45, 7) is 3.47. The highest BCUT2D eigenvalue weighted by Gasteiger charge is 2.32. The molecule has 0 bridgehead atoms. The number of hydrogen-bond acceptors (Lipinski definition) is 6. The highest BCUT2D eigenvalue weighted by atomic mass is 35.5. The van der Waals surface area contributed by atoms with E-state index in [-0.39, 0.29) is 57.4 Å². The van der Waals surface area contributed by atoms with Gasteiger partial charge in [-0.05, 0) is 38.1 Å². The first kappa shape index (κ1) is 26.9. The van der Waals surface area contributed by atoms with Crippen LogP contribution < -0.4 is 9.47 Å². The van der Waals surface area contributed by atoms with Crippen molar-refractivity contribution in [1.82, 2.24) is 13.9 Å². The van der Waals surface area contributed by atoms with Crippen LogP contribution in [0.3, 0.4) is 0 Å². The van der Waals surface area contributed by atoms with E-state index in [1.807, 2.05) is 6.92 Å². The van der Waals surface area contributed by atoms with Gasteiger partial charge >= 0.3 is 0 Å². The SMILES string of the molecule is Cc1ccc(S(=O)(=O)n2c(C)nc3c(O[C@H]4CCOc5cc(F)c(Cl)c(F)c54)cc(C(=O)N(C)C)cc32)cc1. The molecule has 2 heterocycles. The number of amides is 1. The Morgan fingerprint density at radius 2 is 1.85 bits per heavy atom. The number of hydrogen-bond donors (Lipinski definition) is 0. The topological polar surface area (TPSA) is 90.7 Å². The molecule has 1 aliphatic heterocycles. The number of rotatable bonds is 5. The lowest BCUT2D eigenvalue weighted by Crippen LogP contribution is -2.23. The standard InChI is InChI=1S/C27H24ClF2N3O5S/c1-14-5-7-17(8-6-14)39(35,36)33-15(2)31-26-19(33)11-16(27(34)32(3)4)12-22(26)38-20-9-10-37-21-13-18(29)24(28)25(30)23(20)21/h5-8,11-13,20H,9-10H2,1-4H3/t20-/m0/s1. The molecule has 5 rings (SSSR count). The van der Waals surface area contributed by atoms with Crippen molar-refractivity contribution in [3.05, 3.63) is 81.6 Å². The van der Waals surface area contributed by atoms with Crippen molar-refractivity contribution in [2.45, 2.75) is 31.3 Å². The third-order valence-electron chi connectivity index (χ3n) is 6.44. The predicted octanol–water partition coefficient (Wildman–Crippen LogP) is 5.43. The van der Waals surface area contributed by atoms with Gasteiger partial charge in [-0.2, -0.15) is 0 Å². The summed E-state index contributed by atoms with van der Waals surface area (Å²) in [6.07, 6.45) is -0.792. The highest BCUT2D eigenvalue weighted by Crippen LogP contribution is 2.42. The number of benzene rings is 3. The molecule has 0 unspecified atom stereocenters. The first-order valence-corrected chi connectivity index (χ1v) is 13.8. The number of aryl methyl sites for hydroxylation is 2. The Morgan fingerprint density at radius 1 is 1.15 bits per heavy atom. The molecule has 8 nitrogen and oxygen atoms in total. The number of aromatic nitrogens is 2. The van der Waals surface area contributed by atoms with Crippen molar-refractivity contribution >= 4 is 38.6 Å². The van der Waals surface area contributed by atoms with Gasteiger partial charge in [0.2, 0.25) is 0 Å². The largest absolute Gasteiger partial charge is 0.493 e. The minimum absolute atomic E-state index is 0.0411. The van der Waals surface area contributed by atoms with Crippen molar-refractivity contribution in [2.75, 3.05) is 20.7 Å². The summed E-state index contributed by atoms with van der Waals surface area (Å²) in [5.74, 6) is -2.26. The van der Waals surface area contributed by atoms with Crippen LogP contribution in [-0.4, -0.2) is 48.9 Å². The van der Waals surface area contributed by atoms with Crippen molar-refractivity contribution < 1.29 is 31.5 Å². The monoisotopic (exact) mass is 575 g/mol. The summed E-state index contributed by atoms with van der Waals surface area (Å²) in [7, 11) is -1.00. The van der Waals surface area contributed by atoms with Crippen molar-refractivity contribution in [3.8, 4) is 11.5 Å². The Balaban J connectivity index is 1.71. The van der Waals surface area contributed by atoms with Gasteiger partial charge in [-0.3, -0.25) is 4.79 Å². The van der Waals surface area contributed by atoms with E-state index in [1.54, 1.807) is 26.2 Å². The maximum atomic E-state index is 15.1. The Morgan fingerprint density at radius 3 is 2.51 bits per heavy atom. The van der Waals surface area contributed by atoms with Gasteiger partial charge in [0, 0.05) is 32.1 Å². The van der Waals surface area contributed by atoms with Gasteiger partial charge in [-0.25, -0.2) is 26.2 Å². The lowest BCUT2D eigenvalue weighted by molar-refractivity contribution is 0.0826. The number of nitrogens with zero attached hydrogens (tertiary/aromatic N) is 3. The van der Waals surface area contributed by atoms with Crippen LogP contribution in [0.1, 0.15) is 39.8 Å². The summed E-state index contributed by atoms with van der Waals surface area (Å²) in [5, 5.41) is -0.696. The van der Waals surface area contributed by atoms with Crippen molar-refractivity contribution in [1.29, 1.82) is 0 Å². The summed E-state index contributed by atoms with van der Waals surface area (Å²) in [4.78, 5) is 18.8. The second-order valence-corrected chi connectivity index (χ2v) is 11.6. The second kappa shape index (κ2) is 9.80. The van der Waals surface area contributed by atoms with Crippen LogP contribution in [0, 0.1) is 25.5 Å². The zero-order valence-corrected chi connectivity index (χ0v) is 23.0. The average molecular weight is 576 g/mol. The second-order valence-electron chi connectivity index (χ2n) is 9.43. The molecule has 0 radical (unpaired) electrons. The Kier molecular flexibility index (Phi) is 6.76. The smallest absolute Gasteiger partial charge is 0.269 e. The summed E-state index contributed by atoms with van der Waals surface area (Å²) in [6, 6.07) is 10.2. The van der Waals surface area contributed by atoms with Gasteiger partial charge in [0.1, 0.15) is 39.8 Å². The van der Waals surface area contributed by atoms with Gasteiger partial charge in [0.05, 0.1) is 22.6 Å². The highest BCUT2D eigenvalue weighted by molar-refractivity contribution is 7.90. The normalized spacial score (nSPS) is 15.1. The molecule has 0 saturated heterocycles. The molecule has 1 aliphatic rings. The fraction of sp³-hybridized carbons (Fsp3) is 0.259. The van der Waals surface area contributed by atoms with Crippen LogP contribution in [0.2, 0.25) is 5.02 Å². The molecular weight excluding hydrogens is 552 g/mol. The van der Waals surface area contributed by atoms with E-state index in [4.69, 9.17) is 21.1 Å². The molecule has 204 valence electrons. The molecule has 0 fully saturated rings. The van der Waals surface area contributed by atoms with E-state index >= 15 is 4.39 Å². The van der Waals surface area contributed by atoms with Gasteiger partial charge in [0.15, 0.2) is 5.82 Å². The van der Waals surface area contributed by atoms with Gasteiger partial charge in [-0.15, -0.1) is 0 Å². The van der Waals surface area contributed by atoms with Gasteiger partial charge < -0.3 is 14.4 Å². The molecule has 39 heavy (non-hydrogen) atoms. The Bertz CT molecular complexity index is 1740. The van der Waals surface area contributed by atoms with E-state index in [9.17, 15) is 17.6 Å². The molecule has 0 aliphatic carbocycles. The van der Waals surface area contributed by atoms with E-state index in [1.165, 1.54) is 36.1 Å². The number of carbonyl (C=O) groups is 1. The van der Waals surface area contributed by atoms with E-state index in [2.05, 4.69) is 4.98 Å².